The van der Waals surface area contributed by atoms with Crippen LogP contribution in [0.3, 0.4) is 0 Å². The molecule has 0 heterocycles. The molecule has 1 rings (SSSR count). The van der Waals surface area contributed by atoms with Crippen LogP contribution in [0.2, 0.25) is 0 Å². The molecule has 0 saturated heterocycles. The van der Waals surface area contributed by atoms with Crippen LogP contribution in [0.4, 0.5) is 0 Å². The number of hydrogen-bond acceptors (Lipinski definition) is 3. The Labute approximate surface area is 130 Å². The van der Waals surface area contributed by atoms with E-state index in [4.69, 9.17) is 5.11 Å². The minimum Gasteiger partial charge on any atom is -0.480 e. The molecule has 1 aromatic rings. The van der Waals surface area contributed by atoms with E-state index in [0.29, 0.717) is 17.0 Å². The molecule has 1 aromatic carbocycles. The largest absolute Gasteiger partial charge is 0.480 e. The van der Waals surface area contributed by atoms with Crippen molar-refractivity contribution in [2.45, 2.75) is 44.3 Å². The van der Waals surface area contributed by atoms with Gasteiger partial charge in [0.25, 0.3) is 5.91 Å². The molecule has 21 heavy (non-hydrogen) atoms. The Morgan fingerprint density at radius 3 is 2.48 bits per heavy atom. The fourth-order valence-corrected chi connectivity index (χ4v) is 2.57. The topological polar surface area (TPSA) is 66.4 Å². The molecule has 0 fully saturated rings. The lowest BCUT2D eigenvalue weighted by Gasteiger charge is -2.18. The first-order valence-corrected chi connectivity index (χ1v) is 7.85. The maximum Gasteiger partial charge on any atom is 0.316 e. The van der Waals surface area contributed by atoms with Crippen LogP contribution in [0, 0.1) is 5.41 Å². The summed E-state index contributed by atoms with van der Waals surface area (Å²) in [5.74, 6) is -1.04. The predicted octanol–water partition coefficient (Wildman–Crippen LogP) is 3.42. The molecule has 0 radical (unpaired) electrons. The van der Waals surface area contributed by atoms with Gasteiger partial charge < -0.3 is 10.4 Å². The third-order valence-electron chi connectivity index (χ3n) is 2.94. The van der Waals surface area contributed by atoms with Crippen molar-refractivity contribution in [3.63, 3.8) is 0 Å². The summed E-state index contributed by atoms with van der Waals surface area (Å²) < 4.78 is 0. The maximum atomic E-state index is 12.2. The van der Waals surface area contributed by atoms with Crippen LogP contribution < -0.4 is 5.32 Å². The Hall–Kier alpha value is -1.49. The van der Waals surface area contributed by atoms with Gasteiger partial charge in [0.1, 0.15) is 5.25 Å². The fourth-order valence-electron chi connectivity index (χ4n) is 1.64. The number of hydrogen-bond donors (Lipinski definition) is 2. The van der Waals surface area contributed by atoms with Crippen LogP contribution >= 0.6 is 11.8 Å². The molecule has 0 aromatic heterocycles. The highest BCUT2D eigenvalue weighted by molar-refractivity contribution is 8.00. The molecular formula is C16H23NO3S. The Kier molecular flexibility index (Phi) is 6.27. The Morgan fingerprint density at radius 2 is 1.90 bits per heavy atom. The van der Waals surface area contributed by atoms with Crippen LogP contribution in [-0.2, 0) is 4.79 Å². The molecule has 1 amide bonds. The van der Waals surface area contributed by atoms with Crippen molar-refractivity contribution in [1.29, 1.82) is 0 Å². The normalized spacial score (nSPS) is 12.8. The van der Waals surface area contributed by atoms with E-state index in [1.54, 1.807) is 25.1 Å². The summed E-state index contributed by atoms with van der Waals surface area (Å²) in [6.45, 7) is 8.59. The second kappa shape index (κ2) is 7.50. The van der Waals surface area contributed by atoms with Gasteiger partial charge in [0, 0.05) is 11.4 Å². The van der Waals surface area contributed by atoms with Gasteiger partial charge in [-0.3, -0.25) is 9.59 Å². The molecule has 0 aliphatic rings. The van der Waals surface area contributed by atoms with Crippen molar-refractivity contribution >= 4 is 23.6 Å². The number of carboxylic acid groups (broad SMARTS) is 1. The summed E-state index contributed by atoms with van der Waals surface area (Å²) >= 11 is 1.19. The minimum absolute atomic E-state index is 0.153. The monoisotopic (exact) mass is 309 g/mol. The van der Waals surface area contributed by atoms with Crippen molar-refractivity contribution < 1.29 is 14.7 Å². The van der Waals surface area contributed by atoms with E-state index < -0.39 is 11.2 Å². The minimum atomic E-state index is -0.886. The lowest BCUT2D eigenvalue weighted by Crippen LogP contribution is -2.27. The standard InChI is InChI=1S/C16H23NO3S/c1-11(15(19)20)21-13-8-6-5-7-12(13)14(18)17-10-9-16(2,3)4/h5-8,11H,9-10H2,1-4H3,(H,17,18)(H,19,20). The van der Waals surface area contributed by atoms with Gasteiger partial charge in [-0.05, 0) is 30.9 Å². The van der Waals surface area contributed by atoms with Gasteiger partial charge in [-0.25, -0.2) is 0 Å². The van der Waals surface area contributed by atoms with Crippen molar-refractivity contribution in [1.82, 2.24) is 5.32 Å². The van der Waals surface area contributed by atoms with Gasteiger partial charge in [-0.2, -0.15) is 0 Å². The van der Waals surface area contributed by atoms with Crippen LogP contribution in [-0.4, -0.2) is 28.8 Å². The van der Waals surface area contributed by atoms with E-state index in [1.165, 1.54) is 11.8 Å². The van der Waals surface area contributed by atoms with E-state index in [9.17, 15) is 9.59 Å². The third kappa shape index (κ3) is 6.21. The predicted molar refractivity (Wildman–Crippen MR) is 85.8 cm³/mol. The summed E-state index contributed by atoms with van der Waals surface area (Å²) in [4.78, 5) is 23.9. The van der Waals surface area contributed by atoms with E-state index >= 15 is 0 Å². The number of thioether (sulfide) groups is 1. The number of carbonyl (C=O) groups excluding carboxylic acids is 1. The average Bonchev–Trinajstić information content (AvgIpc) is 2.37. The molecule has 116 valence electrons. The first-order valence-electron chi connectivity index (χ1n) is 6.97. The first-order chi connectivity index (χ1) is 9.70. The van der Waals surface area contributed by atoms with Crippen molar-refractivity contribution in [2.24, 2.45) is 5.41 Å². The van der Waals surface area contributed by atoms with Crippen molar-refractivity contribution in [3.05, 3.63) is 29.8 Å². The zero-order chi connectivity index (χ0) is 16.0. The molecule has 0 spiro atoms. The number of carboxylic acids is 1. The van der Waals surface area contributed by atoms with Crippen LogP contribution in [0.5, 0.6) is 0 Å². The molecule has 4 nitrogen and oxygen atoms in total. The van der Waals surface area contributed by atoms with Crippen molar-refractivity contribution in [3.8, 4) is 0 Å². The highest BCUT2D eigenvalue weighted by atomic mass is 32.2. The van der Waals surface area contributed by atoms with E-state index in [2.05, 4.69) is 26.1 Å². The molecule has 0 bridgehead atoms. The highest BCUT2D eigenvalue weighted by Gasteiger charge is 2.18. The lowest BCUT2D eigenvalue weighted by molar-refractivity contribution is -0.136. The van der Waals surface area contributed by atoms with E-state index in [1.807, 2.05) is 6.07 Å². The van der Waals surface area contributed by atoms with Gasteiger partial charge in [0.2, 0.25) is 0 Å². The van der Waals surface area contributed by atoms with Gasteiger partial charge in [-0.1, -0.05) is 32.9 Å². The number of rotatable bonds is 6. The molecular weight excluding hydrogens is 286 g/mol. The van der Waals surface area contributed by atoms with Gasteiger partial charge in [-0.15, -0.1) is 11.8 Å². The molecule has 2 N–H and O–H groups in total. The quantitative estimate of drug-likeness (QED) is 0.790. The summed E-state index contributed by atoms with van der Waals surface area (Å²) in [5, 5.41) is 11.3. The lowest BCUT2D eigenvalue weighted by atomic mass is 9.92. The van der Waals surface area contributed by atoms with Gasteiger partial charge in [0.05, 0.1) is 5.56 Å². The molecule has 5 heteroatoms. The molecule has 1 unspecified atom stereocenters. The maximum absolute atomic E-state index is 12.2. The van der Waals surface area contributed by atoms with Crippen LogP contribution in [0.1, 0.15) is 44.5 Å². The number of aliphatic carboxylic acids is 1. The zero-order valence-electron chi connectivity index (χ0n) is 13.0. The molecule has 0 aliphatic carbocycles. The van der Waals surface area contributed by atoms with E-state index in [0.717, 1.165) is 6.42 Å². The fraction of sp³-hybridized carbons (Fsp3) is 0.500. The summed E-state index contributed by atoms with van der Waals surface area (Å²) in [6, 6.07) is 7.10. The van der Waals surface area contributed by atoms with Crippen LogP contribution in [0.15, 0.2) is 29.2 Å². The smallest absolute Gasteiger partial charge is 0.316 e. The zero-order valence-corrected chi connectivity index (χ0v) is 13.8. The molecule has 0 aliphatic heterocycles. The van der Waals surface area contributed by atoms with E-state index in [-0.39, 0.29) is 11.3 Å². The van der Waals surface area contributed by atoms with Crippen LogP contribution in [0.25, 0.3) is 0 Å². The SMILES string of the molecule is CC(Sc1ccccc1C(=O)NCCC(C)(C)C)C(=O)O. The second-order valence-corrected chi connectivity index (χ2v) is 7.54. The molecule has 0 saturated carbocycles. The Morgan fingerprint density at radius 1 is 1.29 bits per heavy atom. The third-order valence-corrected chi connectivity index (χ3v) is 4.11. The highest BCUT2D eigenvalue weighted by Crippen LogP contribution is 2.27. The second-order valence-electron chi connectivity index (χ2n) is 6.16. The summed E-state index contributed by atoms with van der Waals surface area (Å²) in [7, 11) is 0. The number of nitrogens with one attached hydrogen (secondary N) is 1. The first kappa shape index (κ1) is 17.6. The van der Waals surface area contributed by atoms with Gasteiger partial charge in [0.15, 0.2) is 0 Å². The average molecular weight is 309 g/mol. The Bertz CT molecular complexity index is 508. The molecule has 1 atom stereocenters. The van der Waals surface area contributed by atoms with Gasteiger partial charge >= 0.3 is 5.97 Å². The number of benzene rings is 1. The number of amides is 1. The van der Waals surface area contributed by atoms with Crippen molar-refractivity contribution in [2.75, 3.05) is 6.54 Å². The Balaban J connectivity index is 2.73. The number of carbonyl (C=O) groups is 2. The summed E-state index contributed by atoms with van der Waals surface area (Å²) in [6.07, 6.45) is 0.888. The summed E-state index contributed by atoms with van der Waals surface area (Å²) in [5.41, 5.74) is 0.698.